The van der Waals surface area contributed by atoms with Crippen molar-refractivity contribution in [2.45, 2.75) is 19.4 Å². The van der Waals surface area contributed by atoms with E-state index in [0.29, 0.717) is 18.8 Å². The minimum Gasteiger partial charge on any atom is -0.504 e. The molecule has 0 bridgehead atoms. The first-order valence-electron chi connectivity index (χ1n) is 11.6. The van der Waals surface area contributed by atoms with Crippen molar-refractivity contribution in [3.05, 3.63) is 88.6 Å². The summed E-state index contributed by atoms with van der Waals surface area (Å²) in [5.74, 6) is -0.0906. The van der Waals surface area contributed by atoms with Gasteiger partial charge in [-0.15, -0.1) is 0 Å². The molecule has 7 nitrogen and oxygen atoms in total. The number of fused-ring (bicyclic) bond motifs is 1. The molecule has 0 spiro atoms. The lowest BCUT2D eigenvalue weighted by molar-refractivity contribution is -0.132. The van der Waals surface area contributed by atoms with Crippen molar-refractivity contribution in [3.63, 3.8) is 0 Å². The number of carbonyl (C=O) groups is 1. The fraction of sp³-hybridized carbons (Fsp3) is 0.214. The van der Waals surface area contributed by atoms with Gasteiger partial charge in [-0.3, -0.25) is 9.59 Å². The van der Waals surface area contributed by atoms with Gasteiger partial charge in [-0.05, 0) is 18.4 Å². The number of phenolic OH excluding ortho intramolecular Hbond substituents is 1. The molecule has 178 valence electrons. The number of amides is 1. The summed E-state index contributed by atoms with van der Waals surface area (Å²) in [6.07, 6.45) is 1.92. The van der Waals surface area contributed by atoms with Crippen LogP contribution in [-0.4, -0.2) is 35.6 Å². The van der Waals surface area contributed by atoms with Crippen molar-refractivity contribution in [1.29, 1.82) is 0 Å². The Kier molecular flexibility index (Phi) is 6.39. The van der Waals surface area contributed by atoms with Gasteiger partial charge in [0.25, 0.3) is 5.91 Å². The Morgan fingerprint density at radius 1 is 0.943 bits per heavy atom. The predicted octanol–water partition coefficient (Wildman–Crippen LogP) is 4.75. The van der Waals surface area contributed by atoms with E-state index in [0.717, 1.165) is 24.0 Å². The SMILES string of the molecule is O=C(COc1c(OCc2ccccc2)cc2oc(-c3ccccc3)cc(=O)c2c1O)N1CCCC1. The molecule has 1 aliphatic rings. The molecule has 35 heavy (non-hydrogen) atoms. The Morgan fingerprint density at radius 2 is 1.63 bits per heavy atom. The number of likely N-dealkylation sites (tertiary alicyclic amines) is 1. The van der Waals surface area contributed by atoms with Gasteiger partial charge in [0.15, 0.2) is 23.5 Å². The first kappa shape index (κ1) is 22.5. The van der Waals surface area contributed by atoms with Gasteiger partial charge in [0, 0.05) is 30.8 Å². The normalized spacial score (nSPS) is 13.2. The molecule has 1 aromatic heterocycles. The van der Waals surface area contributed by atoms with E-state index in [1.54, 1.807) is 4.90 Å². The number of phenols is 1. The number of nitrogens with zero attached hydrogens (tertiary/aromatic N) is 1. The van der Waals surface area contributed by atoms with Crippen LogP contribution >= 0.6 is 0 Å². The van der Waals surface area contributed by atoms with Gasteiger partial charge in [0.1, 0.15) is 23.3 Å². The second-order valence-corrected chi connectivity index (χ2v) is 8.42. The lowest BCUT2D eigenvalue weighted by atomic mass is 10.1. The van der Waals surface area contributed by atoms with Crippen molar-refractivity contribution in [3.8, 4) is 28.6 Å². The lowest BCUT2D eigenvalue weighted by Gasteiger charge is -2.18. The van der Waals surface area contributed by atoms with Crippen LogP contribution in [0.1, 0.15) is 18.4 Å². The van der Waals surface area contributed by atoms with Crippen LogP contribution in [0.15, 0.2) is 82.0 Å². The number of hydrogen-bond acceptors (Lipinski definition) is 6. The molecule has 1 fully saturated rings. The Bertz CT molecular complexity index is 1390. The van der Waals surface area contributed by atoms with Gasteiger partial charge in [0.05, 0.1) is 0 Å². The molecule has 3 aromatic carbocycles. The largest absolute Gasteiger partial charge is 0.504 e. The minimum atomic E-state index is -0.423. The second-order valence-electron chi connectivity index (χ2n) is 8.42. The van der Waals surface area contributed by atoms with Crippen LogP contribution in [0.2, 0.25) is 0 Å². The maximum absolute atomic E-state index is 13.0. The van der Waals surface area contributed by atoms with Crippen molar-refractivity contribution in [2.75, 3.05) is 19.7 Å². The Labute approximate surface area is 202 Å². The molecule has 2 heterocycles. The third-order valence-corrected chi connectivity index (χ3v) is 6.01. The lowest BCUT2D eigenvalue weighted by Crippen LogP contribution is -2.32. The highest BCUT2D eigenvalue weighted by Gasteiger charge is 2.24. The predicted molar refractivity (Wildman–Crippen MR) is 132 cm³/mol. The summed E-state index contributed by atoms with van der Waals surface area (Å²) in [7, 11) is 0. The summed E-state index contributed by atoms with van der Waals surface area (Å²) in [5.41, 5.74) is 1.38. The fourth-order valence-electron chi connectivity index (χ4n) is 4.18. The monoisotopic (exact) mass is 471 g/mol. The molecular formula is C28H25NO6. The number of carbonyl (C=O) groups excluding carboxylic acids is 1. The molecule has 4 aromatic rings. The third-order valence-electron chi connectivity index (χ3n) is 6.01. The summed E-state index contributed by atoms with van der Waals surface area (Å²) in [4.78, 5) is 27.3. The zero-order chi connectivity index (χ0) is 24.2. The summed E-state index contributed by atoms with van der Waals surface area (Å²) in [6.45, 7) is 1.31. The molecule has 0 radical (unpaired) electrons. The van der Waals surface area contributed by atoms with Crippen LogP contribution in [0.3, 0.4) is 0 Å². The Balaban J connectivity index is 1.54. The van der Waals surface area contributed by atoms with Gasteiger partial charge in [-0.25, -0.2) is 0 Å². The van der Waals surface area contributed by atoms with E-state index in [4.69, 9.17) is 13.9 Å². The molecule has 0 aliphatic carbocycles. The van der Waals surface area contributed by atoms with E-state index in [1.165, 1.54) is 12.1 Å². The second kappa shape index (κ2) is 9.93. The van der Waals surface area contributed by atoms with Gasteiger partial charge < -0.3 is 23.9 Å². The first-order chi connectivity index (χ1) is 17.1. The number of aromatic hydroxyl groups is 1. The van der Waals surface area contributed by atoms with E-state index < -0.39 is 11.2 Å². The zero-order valence-corrected chi connectivity index (χ0v) is 19.1. The van der Waals surface area contributed by atoms with Gasteiger partial charge >= 0.3 is 0 Å². The van der Waals surface area contributed by atoms with E-state index in [1.807, 2.05) is 60.7 Å². The van der Waals surface area contributed by atoms with E-state index in [2.05, 4.69) is 0 Å². The molecule has 7 heteroatoms. The van der Waals surface area contributed by atoms with Crippen LogP contribution in [0, 0.1) is 0 Å². The Morgan fingerprint density at radius 3 is 2.34 bits per heavy atom. The maximum atomic E-state index is 13.0. The van der Waals surface area contributed by atoms with Crippen LogP contribution in [0.25, 0.3) is 22.3 Å². The van der Waals surface area contributed by atoms with Gasteiger partial charge in [-0.2, -0.15) is 0 Å². The standard InChI is InChI=1S/C28H25NO6/c30-21-15-22(20-11-5-2-6-12-20)35-23-16-24(33-17-19-9-3-1-4-10-19)28(27(32)26(21)23)34-18-25(31)29-13-7-8-14-29/h1-6,9-12,15-16,32H,7-8,13-14,17-18H2. The molecule has 0 saturated carbocycles. The highest BCUT2D eigenvalue weighted by atomic mass is 16.5. The Hall–Kier alpha value is -4.26. The topological polar surface area (TPSA) is 89.2 Å². The van der Waals surface area contributed by atoms with Crippen LogP contribution < -0.4 is 14.9 Å². The number of rotatable bonds is 7. The quantitative estimate of drug-likeness (QED) is 0.419. The molecule has 1 N–H and O–H groups in total. The molecule has 1 amide bonds. The number of benzene rings is 3. The summed E-state index contributed by atoms with van der Waals surface area (Å²) in [6, 6.07) is 21.6. The summed E-state index contributed by atoms with van der Waals surface area (Å²) in [5, 5.41) is 11.0. The molecule has 0 unspecified atom stereocenters. The van der Waals surface area contributed by atoms with Gasteiger partial charge in [0.2, 0.25) is 5.75 Å². The number of hydrogen-bond donors (Lipinski definition) is 1. The van der Waals surface area contributed by atoms with E-state index in [-0.39, 0.29) is 41.6 Å². The highest BCUT2D eigenvalue weighted by Crippen LogP contribution is 2.43. The molecule has 5 rings (SSSR count). The van der Waals surface area contributed by atoms with Crippen molar-refractivity contribution in [1.82, 2.24) is 4.90 Å². The first-order valence-corrected chi connectivity index (χ1v) is 11.6. The maximum Gasteiger partial charge on any atom is 0.260 e. The fourth-order valence-corrected chi connectivity index (χ4v) is 4.18. The van der Waals surface area contributed by atoms with Crippen LogP contribution in [-0.2, 0) is 11.4 Å². The van der Waals surface area contributed by atoms with Crippen molar-refractivity contribution in [2.24, 2.45) is 0 Å². The molecule has 1 saturated heterocycles. The average Bonchev–Trinajstić information content (AvgIpc) is 3.43. The minimum absolute atomic E-state index is 0.0274. The average molecular weight is 472 g/mol. The van der Waals surface area contributed by atoms with E-state index in [9.17, 15) is 14.7 Å². The van der Waals surface area contributed by atoms with Crippen molar-refractivity contribution < 1.29 is 23.8 Å². The van der Waals surface area contributed by atoms with E-state index >= 15 is 0 Å². The zero-order valence-electron chi connectivity index (χ0n) is 19.1. The summed E-state index contributed by atoms with van der Waals surface area (Å²) < 4.78 is 17.7. The smallest absolute Gasteiger partial charge is 0.260 e. The molecule has 0 atom stereocenters. The third kappa shape index (κ3) is 4.84. The van der Waals surface area contributed by atoms with Gasteiger partial charge in [-0.1, -0.05) is 60.7 Å². The number of ether oxygens (including phenoxy) is 2. The van der Waals surface area contributed by atoms with Crippen LogP contribution in [0.4, 0.5) is 0 Å². The summed E-state index contributed by atoms with van der Waals surface area (Å²) >= 11 is 0. The molecule has 1 aliphatic heterocycles. The highest BCUT2D eigenvalue weighted by molar-refractivity contribution is 5.90. The van der Waals surface area contributed by atoms with Crippen molar-refractivity contribution >= 4 is 16.9 Å². The van der Waals surface area contributed by atoms with Crippen LogP contribution in [0.5, 0.6) is 17.2 Å². The molecular weight excluding hydrogens is 446 g/mol.